The van der Waals surface area contributed by atoms with Crippen molar-refractivity contribution in [3.05, 3.63) is 48.2 Å². The third-order valence-corrected chi connectivity index (χ3v) is 3.46. The van der Waals surface area contributed by atoms with Gasteiger partial charge in [0.05, 0.1) is 12.4 Å². The van der Waals surface area contributed by atoms with E-state index in [1.54, 1.807) is 0 Å². The SMILES string of the molecule is CCN1CN(c2ccccc2C)c2ncccc21. The standard InChI is InChI=1S/C15H17N3/c1-3-17-11-18(13-8-5-4-7-12(13)2)15-14(17)9-6-10-16-15/h4-10H,3,11H2,1-2H3. The van der Waals surface area contributed by atoms with Crippen molar-refractivity contribution >= 4 is 17.2 Å². The van der Waals surface area contributed by atoms with Crippen LogP contribution in [0.5, 0.6) is 0 Å². The molecule has 0 bridgehead atoms. The maximum atomic E-state index is 4.54. The van der Waals surface area contributed by atoms with Gasteiger partial charge >= 0.3 is 0 Å². The third kappa shape index (κ3) is 1.63. The summed E-state index contributed by atoms with van der Waals surface area (Å²) in [5.74, 6) is 1.06. The van der Waals surface area contributed by atoms with Crippen molar-refractivity contribution in [3.8, 4) is 0 Å². The van der Waals surface area contributed by atoms with Gasteiger partial charge in [0.15, 0.2) is 5.82 Å². The monoisotopic (exact) mass is 239 g/mol. The number of aromatic nitrogens is 1. The van der Waals surface area contributed by atoms with Crippen LogP contribution >= 0.6 is 0 Å². The van der Waals surface area contributed by atoms with E-state index in [4.69, 9.17) is 0 Å². The highest BCUT2D eigenvalue weighted by molar-refractivity contribution is 5.80. The van der Waals surface area contributed by atoms with Crippen molar-refractivity contribution in [2.24, 2.45) is 0 Å². The topological polar surface area (TPSA) is 19.4 Å². The van der Waals surface area contributed by atoms with Gasteiger partial charge in [-0.1, -0.05) is 18.2 Å². The van der Waals surface area contributed by atoms with Crippen LogP contribution in [0.1, 0.15) is 12.5 Å². The van der Waals surface area contributed by atoms with Crippen molar-refractivity contribution in [2.45, 2.75) is 13.8 Å². The average Bonchev–Trinajstić information content (AvgIpc) is 2.78. The van der Waals surface area contributed by atoms with Gasteiger partial charge in [-0.3, -0.25) is 0 Å². The number of benzene rings is 1. The van der Waals surface area contributed by atoms with Gasteiger partial charge in [-0.25, -0.2) is 4.98 Å². The van der Waals surface area contributed by atoms with Crippen molar-refractivity contribution in [3.63, 3.8) is 0 Å². The van der Waals surface area contributed by atoms with E-state index in [0.29, 0.717) is 0 Å². The fourth-order valence-corrected chi connectivity index (χ4v) is 2.48. The lowest BCUT2D eigenvalue weighted by Crippen LogP contribution is -2.27. The van der Waals surface area contributed by atoms with Crippen molar-refractivity contribution in [2.75, 3.05) is 23.0 Å². The average molecular weight is 239 g/mol. The van der Waals surface area contributed by atoms with Crippen LogP contribution in [-0.2, 0) is 0 Å². The van der Waals surface area contributed by atoms with Crippen molar-refractivity contribution in [1.82, 2.24) is 4.98 Å². The molecule has 2 aromatic rings. The van der Waals surface area contributed by atoms with Crippen LogP contribution in [0.15, 0.2) is 42.6 Å². The molecule has 0 atom stereocenters. The molecule has 0 fully saturated rings. The Labute approximate surface area is 108 Å². The van der Waals surface area contributed by atoms with Gasteiger partial charge in [0, 0.05) is 18.4 Å². The van der Waals surface area contributed by atoms with Gasteiger partial charge in [0.25, 0.3) is 0 Å². The molecule has 1 aliphatic heterocycles. The summed E-state index contributed by atoms with van der Waals surface area (Å²) in [4.78, 5) is 9.17. The summed E-state index contributed by atoms with van der Waals surface area (Å²) < 4.78 is 0. The second-order valence-corrected chi connectivity index (χ2v) is 4.56. The van der Waals surface area contributed by atoms with E-state index in [0.717, 1.165) is 19.0 Å². The smallest absolute Gasteiger partial charge is 0.158 e. The summed E-state index contributed by atoms with van der Waals surface area (Å²) in [6.45, 7) is 6.21. The van der Waals surface area contributed by atoms with E-state index in [-0.39, 0.29) is 0 Å². The quantitative estimate of drug-likeness (QED) is 0.801. The Morgan fingerprint density at radius 3 is 2.67 bits per heavy atom. The molecular weight excluding hydrogens is 222 g/mol. The normalized spacial score (nSPS) is 13.9. The lowest BCUT2D eigenvalue weighted by molar-refractivity contribution is 0.861. The Kier molecular flexibility index (Phi) is 2.67. The molecule has 3 nitrogen and oxygen atoms in total. The molecule has 0 amide bonds. The first-order valence-corrected chi connectivity index (χ1v) is 6.34. The van der Waals surface area contributed by atoms with Crippen molar-refractivity contribution < 1.29 is 0 Å². The Morgan fingerprint density at radius 1 is 1.11 bits per heavy atom. The van der Waals surface area contributed by atoms with Crippen LogP contribution in [0.3, 0.4) is 0 Å². The number of pyridine rings is 1. The van der Waals surface area contributed by atoms with E-state index < -0.39 is 0 Å². The van der Waals surface area contributed by atoms with Crippen LogP contribution in [0.4, 0.5) is 17.2 Å². The Morgan fingerprint density at radius 2 is 1.89 bits per heavy atom. The predicted octanol–water partition coefficient (Wildman–Crippen LogP) is 3.33. The number of anilines is 3. The Balaban J connectivity index is 2.09. The highest BCUT2D eigenvalue weighted by Gasteiger charge is 2.27. The van der Waals surface area contributed by atoms with Gasteiger partial charge in [0.2, 0.25) is 0 Å². The highest BCUT2D eigenvalue weighted by Crippen LogP contribution is 2.39. The van der Waals surface area contributed by atoms with Gasteiger partial charge in [-0.15, -0.1) is 0 Å². The maximum absolute atomic E-state index is 4.54. The van der Waals surface area contributed by atoms with E-state index in [9.17, 15) is 0 Å². The molecular formula is C15H17N3. The lowest BCUT2D eigenvalue weighted by Gasteiger charge is -2.21. The number of hydrogen-bond acceptors (Lipinski definition) is 3. The third-order valence-electron chi connectivity index (χ3n) is 3.46. The summed E-state index contributed by atoms with van der Waals surface area (Å²) >= 11 is 0. The molecule has 1 aromatic carbocycles. The molecule has 2 heterocycles. The summed E-state index contributed by atoms with van der Waals surface area (Å²) in [5, 5.41) is 0. The largest absolute Gasteiger partial charge is 0.351 e. The first-order chi connectivity index (χ1) is 8.81. The predicted molar refractivity (Wildman–Crippen MR) is 75.4 cm³/mol. The molecule has 18 heavy (non-hydrogen) atoms. The zero-order valence-corrected chi connectivity index (χ0v) is 10.8. The summed E-state index contributed by atoms with van der Waals surface area (Å²) in [6, 6.07) is 12.6. The van der Waals surface area contributed by atoms with E-state index in [1.807, 2.05) is 12.3 Å². The number of hydrogen-bond donors (Lipinski definition) is 0. The fraction of sp³-hybridized carbons (Fsp3) is 0.267. The van der Waals surface area contributed by atoms with Crippen LogP contribution in [0.2, 0.25) is 0 Å². The second kappa shape index (κ2) is 4.33. The first-order valence-electron chi connectivity index (χ1n) is 6.34. The molecule has 1 aromatic heterocycles. The molecule has 0 spiro atoms. The Bertz CT molecular complexity index is 565. The minimum atomic E-state index is 0.883. The first kappa shape index (κ1) is 11.1. The molecule has 0 aliphatic carbocycles. The molecule has 0 N–H and O–H groups in total. The molecule has 3 rings (SSSR count). The Hall–Kier alpha value is -2.03. The minimum absolute atomic E-state index is 0.883. The number of fused-ring (bicyclic) bond motifs is 1. The van der Waals surface area contributed by atoms with E-state index in [1.165, 1.54) is 16.9 Å². The zero-order valence-electron chi connectivity index (χ0n) is 10.8. The van der Waals surface area contributed by atoms with Crippen LogP contribution in [0.25, 0.3) is 0 Å². The van der Waals surface area contributed by atoms with E-state index in [2.05, 4.69) is 59.0 Å². The van der Waals surface area contributed by atoms with Crippen LogP contribution in [0, 0.1) is 6.92 Å². The van der Waals surface area contributed by atoms with Gasteiger partial charge in [-0.2, -0.15) is 0 Å². The van der Waals surface area contributed by atoms with Crippen molar-refractivity contribution in [1.29, 1.82) is 0 Å². The number of aryl methyl sites for hydroxylation is 1. The zero-order chi connectivity index (χ0) is 12.5. The molecule has 0 unspecified atom stereocenters. The molecule has 0 saturated heterocycles. The van der Waals surface area contributed by atoms with Crippen LogP contribution in [-0.4, -0.2) is 18.2 Å². The second-order valence-electron chi connectivity index (χ2n) is 4.56. The minimum Gasteiger partial charge on any atom is -0.351 e. The molecule has 0 saturated carbocycles. The molecule has 92 valence electrons. The molecule has 0 radical (unpaired) electrons. The number of rotatable bonds is 2. The summed E-state index contributed by atoms with van der Waals surface area (Å²) in [5.41, 5.74) is 3.75. The lowest BCUT2D eigenvalue weighted by atomic mass is 10.2. The molecule has 3 heteroatoms. The number of nitrogens with zero attached hydrogens (tertiary/aromatic N) is 3. The summed E-state index contributed by atoms with van der Waals surface area (Å²) in [6.07, 6.45) is 1.86. The van der Waals surface area contributed by atoms with E-state index >= 15 is 0 Å². The van der Waals surface area contributed by atoms with Gasteiger partial charge in [-0.05, 0) is 37.6 Å². The van der Waals surface area contributed by atoms with Gasteiger partial charge in [0.1, 0.15) is 0 Å². The summed E-state index contributed by atoms with van der Waals surface area (Å²) in [7, 11) is 0. The van der Waals surface area contributed by atoms with Crippen LogP contribution < -0.4 is 9.80 Å². The fourth-order valence-electron chi connectivity index (χ4n) is 2.48. The highest BCUT2D eigenvalue weighted by atomic mass is 15.4. The molecule has 1 aliphatic rings. The van der Waals surface area contributed by atoms with Gasteiger partial charge < -0.3 is 9.80 Å². The maximum Gasteiger partial charge on any atom is 0.158 e. The number of para-hydroxylation sites is 1.